The van der Waals surface area contributed by atoms with E-state index in [9.17, 15) is 18.0 Å². The molecule has 1 aromatic heterocycles. The highest BCUT2D eigenvalue weighted by Crippen LogP contribution is 2.24. The minimum Gasteiger partial charge on any atom is -0.351 e. The van der Waals surface area contributed by atoms with Crippen molar-refractivity contribution in [3.63, 3.8) is 0 Å². The van der Waals surface area contributed by atoms with Gasteiger partial charge in [-0.3, -0.25) is 9.59 Å². The Morgan fingerprint density at radius 1 is 1.31 bits per heavy atom. The molecular formula is C18H29N5O4S2. The Labute approximate surface area is 175 Å². The van der Waals surface area contributed by atoms with E-state index in [2.05, 4.69) is 15.5 Å². The van der Waals surface area contributed by atoms with Crippen molar-refractivity contribution in [3.8, 4) is 0 Å². The maximum atomic E-state index is 12.5. The van der Waals surface area contributed by atoms with E-state index in [1.807, 2.05) is 16.4 Å². The number of rotatable bonds is 7. The molecule has 0 radical (unpaired) electrons. The first kappa shape index (κ1) is 22.1. The molecule has 2 saturated heterocycles. The van der Waals surface area contributed by atoms with Crippen LogP contribution in [0.1, 0.15) is 51.8 Å². The Hall–Kier alpha value is -1.62. The number of hydrogen-bond donors (Lipinski definition) is 1. The summed E-state index contributed by atoms with van der Waals surface area (Å²) in [6.45, 7) is 5.56. The minimum absolute atomic E-state index is 0.00921. The quantitative estimate of drug-likeness (QED) is 0.625. The number of aromatic nitrogens is 3. The summed E-state index contributed by atoms with van der Waals surface area (Å²) in [5.41, 5.74) is 0. The van der Waals surface area contributed by atoms with Gasteiger partial charge in [-0.15, -0.1) is 10.2 Å². The lowest BCUT2D eigenvalue weighted by Crippen LogP contribution is -2.40. The molecule has 1 aromatic rings. The number of carbonyl (C=O) groups is 2. The van der Waals surface area contributed by atoms with Crippen molar-refractivity contribution < 1.29 is 18.0 Å². The van der Waals surface area contributed by atoms with Crippen LogP contribution in [0.3, 0.4) is 0 Å². The van der Waals surface area contributed by atoms with E-state index in [1.54, 1.807) is 6.92 Å². The van der Waals surface area contributed by atoms with Gasteiger partial charge >= 0.3 is 0 Å². The zero-order chi connectivity index (χ0) is 21.0. The van der Waals surface area contributed by atoms with E-state index in [4.69, 9.17) is 0 Å². The van der Waals surface area contributed by atoms with Crippen LogP contribution in [0, 0.1) is 0 Å². The molecule has 162 valence electrons. The molecule has 2 atom stereocenters. The molecule has 9 nitrogen and oxygen atoms in total. The van der Waals surface area contributed by atoms with Crippen LogP contribution >= 0.6 is 11.8 Å². The second-order valence-electron chi connectivity index (χ2n) is 7.64. The Morgan fingerprint density at radius 2 is 2.10 bits per heavy atom. The highest BCUT2D eigenvalue weighted by Gasteiger charge is 2.30. The van der Waals surface area contributed by atoms with Crippen molar-refractivity contribution in [2.75, 3.05) is 18.1 Å². The smallest absolute Gasteiger partial charge is 0.233 e. The van der Waals surface area contributed by atoms with Gasteiger partial charge in [-0.1, -0.05) is 18.2 Å². The lowest BCUT2D eigenvalue weighted by Gasteiger charge is -2.20. The van der Waals surface area contributed by atoms with Gasteiger partial charge in [-0.05, 0) is 33.1 Å². The minimum atomic E-state index is -3.03. The molecule has 0 saturated carbocycles. The Morgan fingerprint density at radius 3 is 2.79 bits per heavy atom. The van der Waals surface area contributed by atoms with E-state index < -0.39 is 15.1 Å². The lowest BCUT2D eigenvalue weighted by atomic mass is 10.2. The monoisotopic (exact) mass is 443 g/mol. The number of likely N-dealkylation sites (tertiary alicyclic amines) is 1. The second kappa shape index (κ2) is 9.46. The first-order valence-electron chi connectivity index (χ1n) is 10.2. The van der Waals surface area contributed by atoms with Crippen molar-refractivity contribution in [1.29, 1.82) is 0 Å². The predicted molar refractivity (Wildman–Crippen MR) is 110 cm³/mol. The molecule has 0 spiro atoms. The topological polar surface area (TPSA) is 114 Å². The molecule has 11 heteroatoms. The fourth-order valence-corrected chi connectivity index (χ4v) is 6.27. The third-order valence-electron chi connectivity index (χ3n) is 5.34. The normalized spacial score (nSPS) is 23.0. The van der Waals surface area contributed by atoms with Crippen molar-refractivity contribution in [1.82, 2.24) is 25.0 Å². The maximum absolute atomic E-state index is 12.5. The number of sulfone groups is 1. The molecule has 3 heterocycles. The van der Waals surface area contributed by atoms with Gasteiger partial charge in [-0.25, -0.2) is 8.42 Å². The average molecular weight is 444 g/mol. The van der Waals surface area contributed by atoms with Crippen LogP contribution < -0.4 is 5.32 Å². The molecule has 2 aliphatic heterocycles. The molecule has 29 heavy (non-hydrogen) atoms. The molecule has 2 fully saturated rings. The van der Waals surface area contributed by atoms with Gasteiger partial charge in [0.15, 0.2) is 20.8 Å². The lowest BCUT2D eigenvalue weighted by molar-refractivity contribution is -0.131. The number of hydrogen-bond acceptors (Lipinski definition) is 7. The summed E-state index contributed by atoms with van der Waals surface area (Å²) in [7, 11) is -3.03. The summed E-state index contributed by atoms with van der Waals surface area (Å²) < 4.78 is 25.1. The molecule has 0 bridgehead atoms. The summed E-state index contributed by atoms with van der Waals surface area (Å²) in [5, 5.41) is 11.5. The molecule has 0 aliphatic carbocycles. The average Bonchev–Trinajstić information content (AvgIpc) is 3.14. The molecule has 0 unspecified atom stereocenters. The molecule has 2 amide bonds. The Kier molecular flexibility index (Phi) is 7.20. The van der Waals surface area contributed by atoms with Crippen molar-refractivity contribution in [2.24, 2.45) is 0 Å². The first-order chi connectivity index (χ1) is 13.8. The summed E-state index contributed by atoms with van der Waals surface area (Å²) >= 11 is 1.30. The molecule has 0 aromatic carbocycles. The Balaban J connectivity index is 1.61. The number of nitrogens with one attached hydrogen (secondary N) is 1. The second-order valence-corrected chi connectivity index (χ2v) is 11.2. The van der Waals surface area contributed by atoms with Crippen molar-refractivity contribution in [3.05, 3.63) is 5.82 Å². The standard InChI is InChI=1S/C18H29N5O4S2/c1-3-23-15(11-22-9-6-4-5-7-16(22)24)20-21-18(23)28-13(2)17(25)19-14-8-10-29(26,27)12-14/h13-14H,3-12H2,1-2H3,(H,19,25)/t13-,14-/m1/s1. The third kappa shape index (κ3) is 5.71. The number of carbonyl (C=O) groups excluding carboxylic acids is 2. The van der Waals surface area contributed by atoms with Crippen LogP contribution in [-0.4, -0.2) is 69.2 Å². The van der Waals surface area contributed by atoms with Crippen LogP contribution in [0.25, 0.3) is 0 Å². The first-order valence-corrected chi connectivity index (χ1v) is 12.9. The number of amides is 2. The van der Waals surface area contributed by atoms with Gasteiger partial charge in [0.25, 0.3) is 0 Å². The zero-order valence-electron chi connectivity index (χ0n) is 17.0. The van der Waals surface area contributed by atoms with Gasteiger partial charge in [0.05, 0.1) is 23.3 Å². The van der Waals surface area contributed by atoms with E-state index >= 15 is 0 Å². The van der Waals surface area contributed by atoms with Gasteiger partial charge in [-0.2, -0.15) is 0 Å². The summed E-state index contributed by atoms with van der Waals surface area (Å²) in [5.74, 6) is 0.811. The zero-order valence-corrected chi connectivity index (χ0v) is 18.6. The van der Waals surface area contributed by atoms with Crippen molar-refractivity contribution >= 4 is 33.4 Å². The van der Waals surface area contributed by atoms with E-state index in [1.165, 1.54) is 11.8 Å². The van der Waals surface area contributed by atoms with Crippen LogP contribution in [0.15, 0.2) is 5.16 Å². The van der Waals surface area contributed by atoms with Crippen LogP contribution in [0.5, 0.6) is 0 Å². The van der Waals surface area contributed by atoms with Gasteiger partial charge in [0.1, 0.15) is 0 Å². The van der Waals surface area contributed by atoms with E-state index in [0.717, 1.165) is 31.6 Å². The summed E-state index contributed by atoms with van der Waals surface area (Å²) in [6.07, 6.45) is 4.05. The Bertz CT molecular complexity index is 854. The summed E-state index contributed by atoms with van der Waals surface area (Å²) in [6, 6.07) is -0.316. The predicted octanol–water partition coefficient (Wildman–Crippen LogP) is 0.985. The SMILES string of the molecule is CCn1c(CN2CCCCCC2=O)nnc1S[C@H](C)C(=O)N[C@@H]1CCS(=O)(=O)C1. The summed E-state index contributed by atoms with van der Waals surface area (Å²) in [4.78, 5) is 26.6. The maximum Gasteiger partial charge on any atom is 0.233 e. The number of thioether (sulfide) groups is 1. The molecule has 2 aliphatic rings. The van der Waals surface area contributed by atoms with E-state index in [-0.39, 0.29) is 29.4 Å². The highest BCUT2D eigenvalue weighted by atomic mass is 32.2. The van der Waals surface area contributed by atoms with Gasteiger partial charge < -0.3 is 14.8 Å². The van der Waals surface area contributed by atoms with Crippen LogP contribution in [0.2, 0.25) is 0 Å². The molecule has 3 rings (SSSR count). The van der Waals surface area contributed by atoms with Crippen molar-refractivity contribution in [2.45, 2.75) is 75.5 Å². The fourth-order valence-electron chi connectivity index (χ4n) is 3.66. The van der Waals surface area contributed by atoms with Gasteiger partial charge in [0, 0.05) is 25.6 Å². The fraction of sp³-hybridized carbons (Fsp3) is 0.778. The highest BCUT2D eigenvalue weighted by molar-refractivity contribution is 8.00. The van der Waals surface area contributed by atoms with Gasteiger partial charge in [0.2, 0.25) is 11.8 Å². The molecular weight excluding hydrogens is 414 g/mol. The number of nitrogens with zero attached hydrogens (tertiary/aromatic N) is 4. The largest absolute Gasteiger partial charge is 0.351 e. The third-order valence-corrected chi connectivity index (χ3v) is 8.19. The molecule has 1 N–H and O–H groups in total. The van der Waals surface area contributed by atoms with Crippen LogP contribution in [-0.2, 0) is 32.5 Å². The van der Waals surface area contributed by atoms with E-state index in [0.29, 0.717) is 31.1 Å². The van der Waals surface area contributed by atoms with Crippen LogP contribution in [0.4, 0.5) is 0 Å².